The lowest BCUT2D eigenvalue weighted by atomic mass is 9.87. The molecule has 3 aromatic heterocycles. The average Bonchev–Trinajstić information content (AvgIpc) is 3.36. The molecule has 2 N–H and O–H groups in total. The zero-order chi connectivity index (χ0) is 22.7. The highest BCUT2D eigenvalue weighted by atomic mass is 32.3. The van der Waals surface area contributed by atoms with Crippen LogP contribution in [0.25, 0.3) is 11.0 Å². The number of aromatic amines is 1. The summed E-state index contributed by atoms with van der Waals surface area (Å²) < 4.78 is 13.3. The molecule has 0 amide bonds. The molecule has 4 rings (SSSR count). The summed E-state index contributed by atoms with van der Waals surface area (Å²) in [5.74, 6) is 3.69. The molecular weight excluding hydrogens is 426 g/mol. The Balaban J connectivity index is 1.60. The van der Waals surface area contributed by atoms with Crippen molar-refractivity contribution in [3.63, 3.8) is 0 Å². The van der Waals surface area contributed by atoms with Gasteiger partial charge in [0.2, 0.25) is 0 Å². The van der Waals surface area contributed by atoms with Crippen molar-refractivity contribution in [3.05, 3.63) is 23.8 Å². The van der Waals surface area contributed by atoms with E-state index in [1.807, 2.05) is 17.7 Å². The quantitative estimate of drug-likeness (QED) is 0.465. The maximum Gasteiger partial charge on any atom is 0.166 e. The third-order valence-electron chi connectivity index (χ3n) is 5.89. The van der Waals surface area contributed by atoms with Gasteiger partial charge in [-0.25, -0.2) is 24.7 Å². The number of rotatable bonds is 9. The first-order chi connectivity index (χ1) is 15.3. The first-order valence-corrected chi connectivity index (χ1v) is 14.1. The van der Waals surface area contributed by atoms with Gasteiger partial charge in [0, 0.05) is 30.5 Å². The number of nitrogens with zero attached hydrogens (tertiary/aromatic N) is 5. The minimum absolute atomic E-state index is 0.307. The number of methoxy groups -OCH3 is 1. The Kier molecular flexibility index (Phi) is 7.02. The molecule has 32 heavy (non-hydrogen) atoms. The molecule has 3 heterocycles. The van der Waals surface area contributed by atoms with E-state index in [1.54, 1.807) is 13.3 Å². The van der Waals surface area contributed by atoms with E-state index in [0.29, 0.717) is 18.8 Å². The first kappa shape index (κ1) is 23.0. The van der Waals surface area contributed by atoms with Crippen LogP contribution in [0, 0.1) is 6.92 Å². The molecule has 3 aromatic rings. The highest BCUT2D eigenvalue weighted by Gasteiger charge is 2.26. The van der Waals surface area contributed by atoms with Gasteiger partial charge in [-0.3, -0.25) is 5.10 Å². The van der Waals surface area contributed by atoms with E-state index >= 15 is 0 Å². The van der Waals surface area contributed by atoms with Gasteiger partial charge in [0.05, 0.1) is 24.3 Å². The minimum atomic E-state index is -0.585. The number of hydrogen-bond donors (Lipinski definition) is 2. The summed E-state index contributed by atoms with van der Waals surface area (Å²) in [5.41, 5.74) is 1.78. The molecule has 0 bridgehead atoms. The summed E-state index contributed by atoms with van der Waals surface area (Å²) in [6.45, 7) is 3.08. The van der Waals surface area contributed by atoms with Crippen molar-refractivity contribution in [3.8, 4) is 0 Å². The van der Waals surface area contributed by atoms with Gasteiger partial charge in [-0.05, 0) is 51.4 Å². The van der Waals surface area contributed by atoms with Crippen molar-refractivity contribution in [2.45, 2.75) is 51.4 Å². The fourth-order valence-electron chi connectivity index (χ4n) is 3.96. The van der Waals surface area contributed by atoms with Crippen LogP contribution >= 0.6 is 10.0 Å². The van der Waals surface area contributed by atoms with Gasteiger partial charge < -0.3 is 14.8 Å². The molecule has 1 aliphatic carbocycles. The largest absolute Gasteiger partial charge is 0.381 e. The SMILES string of the molecule is CO[C@H]1CC[C@@H](c2nc(Nc3cc(C)[nH]n3)c3cnn(COCCS(C)(C)C)c3n2)CC1. The van der Waals surface area contributed by atoms with Crippen molar-refractivity contribution in [2.75, 3.05) is 43.6 Å². The molecule has 1 saturated carbocycles. The zero-order valence-corrected chi connectivity index (χ0v) is 20.5. The number of anilines is 2. The molecule has 0 saturated heterocycles. The number of aryl methyl sites for hydroxylation is 1. The average molecular weight is 462 g/mol. The van der Waals surface area contributed by atoms with Gasteiger partial charge in [0.1, 0.15) is 18.4 Å². The van der Waals surface area contributed by atoms with Gasteiger partial charge in [-0.15, -0.1) is 0 Å². The van der Waals surface area contributed by atoms with Gasteiger partial charge in [-0.2, -0.15) is 10.2 Å². The van der Waals surface area contributed by atoms with Crippen LogP contribution in [0.5, 0.6) is 0 Å². The summed E-state index contributed by atoms with van der Waals surface area (Å²) in [4.78, 5) is 9.86. The number of nitrogens with one attached hydrogen (secondary N) is 2. The topological polar surface area (TPSA) is 103 Å². The van der Waals surface area contributed by atoms with Crippen molar-refractivity contribution in [1.29, 1.82) is 0 Å². The Morgan fingerprint density at radius 1 is 1.19 bits per heavy atom. The third-order valence-corrected chi connectivity index (χ3v) is 7.28. The van der Waals surface area contributed by atoms with Gasteiger partial charge in [-0.1, -0.05) is 0 Å². The van der Waals surface area contributed by atoms with Gasteiger partial charge >= 0.3 is 0 Å². The van der Waals surface area contributed by atoms with E-state index in [9.17, 15) is 0 Å². The van der Waals surface area contributed by atoms with Crippen LogP contribution in [0.3, 0.4) is 0 Å². The predicted molar refractivity (Wildman–Crippen MR) is 130 cm³/mol. The standard InChI is InChI=1S/C22H35N7O2S/c1-15-12-19(28-27-15)24-21-18-13-23-29(14-31-10-11-32(3,4)5)22(18)26-20(25-21)16-6-8-17(30-2)9-7-16/h12-13,16-17H,6-11,14H2,1-5H3,(H2,24,25,26,27,28)/t16-,17+. The number of hydrogen-bond acceptors (Lipinski definition) is 7. The lowest BCUT2D eigenvalue weighted by Crippen LogP contribution is -2.21. The van der Waals surface area contributed by atoms with Gasteiger partial charge in [0.15, 0.2) is 11.5 Å². The molecule has 10 heteroatoms. The Morgan fingerprint density at radius 3 is 2.62 bits per heavy atom. The Hall–Kier alpha value is -2.17. The van der Waals surface area contributed by atoms with Crippen LogP contribution in [-0.2, 0) is 16.2 Å². The van der Waals surface area contributed by atoms with E-state index in [4.69, 9.17) is 19.4 Å². The van der Waals surface area contributed by atoms with E-state index in [-0.39, 0.29) is 0 Å². The van der Waals surface area contributed by atoms with Crippen LogP contribution in [0.15, 0.2) is 12.3 Å². The summed E-state index contributed by atoms with van der Waals surface area (Å²) in [6.07, 6.45) is 13.1. The molecule has 0 spiro atoms. The van der Waals surface area contributed by atoms with Crippen molar-refractivity contribution < 1.29 is 9.47 Å². The molecule has 0 unspecified atom stereocenters. The van der Waals surface area contributed by atoms with E-state index in [2.05, 4.69) is 39.4 Å². The molecule has 9 nitrogen and oxygen atoms in total. The first-order valence-electron chi connectivity index (χ1n) is 11.1. The van der Waals surface area contributed by atoms with E-state index in [0.717, 1.165) is 72.2 Å². The molecule has 0 radical (unpaired) electrons. The highest BCUT2D eigenvalue weighted by molar-refractivity contribution is 8.32. The van der Waals surface area contributed by atoms with E-state index in [1.165, 1.54) is 0 Å². The monoisotopic (exact) mass is 461 g/mol. The molecule has 0 aliphatic heterocycles. The summed E-state index contributed by atoms with van der Waals surface area (Å²) in [5, 5.41) is 16.1. The van der Waals surface area contributed by atoms with Crippen LogP contribution in [0.2, 0.25) is 0 Å². The van der Waals surface area contributed by atoms with Crippen LogP contribution in [0.1, 0.15) is 43.1 Å². The summed E-state index contributed by atoms with van der Waals surface area (Å²) >= 11 is 0. The summed E-state index contributed by atoms with van der Waals surface area (Å²) in [7, 11) is 1.21. The van der Waals surface area contributed by atoms with Crippen molar-refractivity contribution in [2.24, 2.45) is 0 Å². The maximum atomic E-state index is 5.94. The molecule has 1 aliphatic rings. The number of ether oxygens (including phenoxy) is 2. The summed E-state index contributed by atoms with van der Waals surface area (Å²) in [6, 6.07) is 1.96. The third kappa shape index (κ3) is 5.60. The second-order valence-corrected chi connectivity index (χ2v) is 14.0. The van der Waals surface area contributed by atoms with E-state index < -0.39 is 10.0 Å². The number of aromatic nitrogens is 6. The molecule has 176 valence electrons. The molecule has 0 aromatic carbocycles. The Bertz CT molecular complexity index is 1030. The van der Waals surface area contributed by atoms with Crippen LogP contribution < -0.4 is 5.32 Å². The Labute approximate surface area is 191 Å². The Morgan fingerprint density at radius 2 is 1.97 bits per heavy atom. The minimum Gasteiger partial charge on any atom is -0.381 e. The second-order valence-electron chi connectivity index (χ2n) is 9.41. The lowest BCUT2D eigenvalue weighted by molar-refractivity contribution is 0.0651. The van der Waals surface area contributed by atoms with Crippen molar-refractivity contribution >= 4 is 32.7 Å². The lowest BCUT2D eigenvalue weighted by Gasteiger charge is -2.26. The zero-order valence-electron chi connectivity index (χ0n) is 19.7. The fourth-order valence-corrected chi connectivity index (χ4v) is 4.58. The fraction of sp³-hybridized carbons (Fsp3) is 0.636. The van der Waals surface area contributed by atoms with Crippen LogP contribution in [-0.4, -0.2) is 74.3 Å². The molecular formula is C22H35N7O2S. The molecule has 0 atom stereocenters. The second kappa shape index (κ2) is 9.76. The maximum absolute atomic E-state index is 5.94. The number of fused-ring (bicyclic) bond motifs is 1. The normalized spacial score (nSPS) is 20.0. The number of H-pyrrole nitrogens is 1. The van der Waals surface area contributed by atoms with Crippen LogP contribution in [0.4, 0.5) is 11.6 Å². The van der Waals surface area contributed by atoms with Gasteiger partial charge in [0.25, 0.3) is 0 Å². The van der Waals surface area contributed by atoms with Crippen molar-refractivity contribution in [1.82, 2.24) is 29.9 Å². The predicted octanol–water partition coefficient (Wildman–Crippen LogP) is 3.94. The molecule has 1 fully saturated rings. The smallest absolute Gasteiger partial charge is 0.166 e. The highest BCUT2D eigenvalue weighted by Crippen LogP contribution is 2.35.